The summed E-state index contributed by atoms with van der Waals surface area (Å²) in [5.74, 6) is 0.703. The molecular weight excluding hydrogens is 448 g/mol. The summed E-state index contributed by atoms with van der Waals surface area (Å²) in [5.41, 5.74) is 4.78. The van der Waals surface area contributed by atoms with Crippen LogP contribution in [-0.2, 0) is 6.54 Å². The second kappa shape index (κ2) is 11.3. The molecule has 2 fully saturated rings. The number of hydrogen-bond acceptors (Lipinski definition) is 6. The fourth-order valence-electron chi connectivity index (χ4n) is 5.77. The van der Waals surface area contributed by atoms with Crippen molar-refractivity contribution < 1.29 is 5.11 Å². The number of fused-ring (bicyclic) bond motifs is 1. The predicted octanol–water partition coefficient (Wildman–Crippen LogP) is 4.92. The summed E-state index contributed by atoms with van der Waals surface area (Å²) >= 11 is 0. The Hall–Kier alpha value is -2.48. The van der Waals surface area contributed by atoms with Crippen molar-refractivity contribution >= 4 is 17.0 Å². The minimum Gasteiger partial charge on any atom is -0.393 e. The lowest BCUT2D eigenvalue weighted by molar-refractivity contribution is 0.111. The van der Waals surface area contributed by atoms with Gasteiger partial charge in [-0.1, -0.05) is 31.5 Å². The first-order chi connectivity index (χ1) is 17.5. The third kappa shape index (κ3) is 5.74. The van der Waals surface area contributed by atoms with Crippen molar-refractivity contribution in [1.82, 2.24) is 24.3 Å². The number of nitrogens with one attached hydrogen (secondary N) is 1. The molecule has 1 aliphatic carbocycles. The third-order valence-corrected chi connectivity index (χ3v) is 7.97. The summed E-state index contributed by atoms with van der Waals surface area (Å²) in [5, 5.41) is 14.7. The monoisotopic (exact) mass is 490 g/mol. The van der Waals surface area contributed by atoms with Crippen LogP contribution in [0.2, 0.25) is 0 Å². The van der Waals surface area contributed by atoms with Crippen molar-refractivity contribution in [3.05, 3.63) is 42.2 Å². The van der Waals surface area contributed by atoms with Crippen molar-refractivity contribution in [3.8, 4) is 11.1 Å². The maximum Gasteiger partial charge on any atom is 0.224 e. The number of aliphatic hydroxyl groups excluding tert-OH is 1. The number of hydrogen-bond donors (Lipinski definition) is 2. The molecule has 3 aromatic rings. The molecule has 0 spiro atoms. The van der Waals surface area contributed by atoms with E-state index in [2.05, 4.69) is 71.0 Å². The van der Waals surface area contributed by atoms with E-state index in [1.165, 1.54) is 16.7 Å². The first kappa shape index (κ1) is 25.2. The van der Waals surface area contributed by atoms with Gasteiger partial charge in [0.1, 0.15) is 5.65 Å². The Morgan fingerprint density at radius 3 is 2.64 bits per heavy atom. The minimum atomic E-state index is -0.171. The van der Waals surface area contributed by atoms with Gasteiger partial charge >= 0.3 is 0 Å². The van der Waals surface area contributed by atoms with Crippen molar-refractivity contribution in [2.75, 3.05) is 38.5 Å². The summed E-state index contributed by atoms with van der Waals surface area (Å²) in [4.78, 5) is 14.7. The number of piperazine rings is 1. The van der Waals surface area contributed by atoms with E-state index in [-0.39, 0.29) is 6.10 Å². The Morgan fingerprint density at radius 1 is 1.11 bits per heavy atom. The summed E-state index contributed by atoms with van der Waals surface area (Å²) in [7, 11) is 2.20. The topological polar surface area (TPSA) is 69.5 Å². The molecule has 36 heavy (non-hydrogen) atoms. The van der Waals surface area contributed by atoms with Crippen LogP contribution in [0, 0.1) is 0 Å². The van der Waals surface area contributed by atoms with E-state index >= 15 is 0 Å². The van der Waals surface area contributed by atoms with Gasteiger partial charge in [-0.15, -0.1) is 0 Å². The number of rotatable bonds is 8. The van der Waals surface area contributed by atoms with E-state index in [0.717, 1.165) is 82.3 Å². The number of anilines is 1. The van der Waals surface area contributed by atoms with Gasteiger partial charge in [-0.3, -0.25) is 4.90 Å². The SMILES string of the molecule is CCC[C@H](C)Nc1ncc2c(-c3cccc(CN4CCN(C)CC4)c3)cn(C3CCC(O)CC3)c2n1. The average molecular weight is 491 g/mol. The molecule has 3 heterocycles. The van der Waals surface area contributed by atoms with Gasteiger partial charge in [-0.05, 0) is 63.3 Å². The average Bonchev–Trinajstić information content (AvgIpc) is 3.25. The molecule has 2 aromatic heterocycles. The lowest BCUT2D eigenvalue weighted by Crippen LogP contribution is -2.43. The first-order valence-corrected chi connectivity index (χ1v) is 13.8. The van der Waals surface area contributed by atoms with Gasteiger partial charge in [0.15, 0.2) is 0 Å². The highest BCUT2D eigenvalue weighted by atomic mass is 16.3. The van der Waals surface area contributed by atoms with Crippen LogP contribution in [0.15, 0.2) is 36.7 Å². The molecule has 5 rings (SSSR count). The number of likely N-dealkylation sites (N-methyl/N-ethyl adjacent to an activating group) is 1. The highest BCUT2D eigenvalue weighted by Gasteiger charge is 2.24. The molecule has 1 aromatic carbocycles. The Kier molecular flexibility index (Phi) is 7.89. The molecule has 1 atom stereocenters. The smallest absolute Gasteiger partial charge is 0.224 e. The molecule has 0 unspecified atom stereocenters. The van der Waals surface area contributed by atoms with E-state index in [9.17, 15) is 5.11 Å². The van der Waals surface area contributed by atoms with Crippen molar-refractivity contribution in [2.45, 2.75) is 77.1 Å². The number of benzene rings is 1. The van der Waals surface area contributed by atoms with E-state index in [0.29, 0.717) is 18.0 Å². The molecule has 0 amide bonds. The van der Waals surface area contributed by atoms with Crippen molar-refractivity contribution in [1.29, 1.82) is 0 Å². The van der Waals surface area contributed by atoms with Gasteiger partial charge in [0, 0.05) is 68.2 Å². The minimum absolute atomic E-state index is 0.171. The molecular formula is C29H42N6O. The van der Waals surface area contributed by atoms with E-state index in [4.69, 9.17) is 9.97 Å². The molecule has 0 radical (unpaired) electrons. The zero-order valence-electron chi connectivity index (χ0n) is 22.2. The Morgan fingerprint density at radius 2 is 1.89 bits per heavy atom. The van der Waals surface area contributed by atoms with Crippen LogP contribution >= 0.6 is 0 Å². The van der Waals surface area contributed by atoms with Crippen LogP contribution in [0.1, 0.15) is 64.0 Å². The highest BCUT2D eigenvalue weighted by Crippen LogP contribution is 2.37. The fourth-order valence-corrected chi connectivity index (χ4v) is 5.77. The molecule has 1 saturated heterocycles. The molecule has 7 heteroatoms. The Labute approximate surface area is 215 Å². The van der Waals surface area contributed by atoms with Crippen LogP contribution in [-0.4, -0.2) is 74.8 Å². The largest absolute Gasteiger partial charge is 0.393 e. The number of aromatic nitrogens is 3. The third-order valence-electron chi connectivity index (χ3n) is 7.97. The van der Waals surface area contributed by atoms with Gasteiger partial charge in [0.05, 0.1) is 6.10 Å². The van der Waals surface area contributed by atoms with Gasteiger partial charge in [0.2, 0.25) is 5.95 Å². The maximum atomic E-state index is 10.1. The second-order valence-electron chi connectivity index (χ2n) is 11.0. The fraction of sp³-hybridized carbons (Fsp3) is 0.586. The molecule has 2 N–H and O–H groups in total. The Bertz CT molecular complexity index is 1140. The lowest BCUT2D eigenvalue weighted by Gasteiger charge is -2.32. The summed E-state index contributed by atoms with van der Waals surface area (Å²) in [6.07, 6.45) is 10.00. The van der Waals surface area contributed by atoms with Gasteiger partial charge < -0.3 is 19.9 Å². The molecule has 2 aliphatic rings. The van der Waals surface area contributed by atoms with Crippen LogP contribution in [0.5, 0.6) is 0 Å². The summed E-state index contributed by atoms with van der Waals surface area (Å²) < 4.78 is 2.36. The predicted molar refractivity (Wildman–Crippen MR) is 147 cm³/mol. The van der Waals surface area contributed by atoms with Crippen LogP contribution in [0.25, 0.3) is 22.2 Å². The highest BCUT2D eigenvalue weighted by molar-refractivity contribution is 5.94. The summed E-state index contributed by atoms with van der Waals surface area (Å²) in [6.45, 7) is 9.88. The molecule has 194 valence electrons. The first-order valence-electron chi connectivity index (χ1n) is 13.8. The molecule has 7 nitrogen and oxygen atoms in total. The zero-order chi connectivity index (χ0) is 25.1. The van der Waals surface area contributed by atoms with Gasteiger partial charge in [-0.25, -0.2) is 4.98 Å². The van der Waals surface area contributed by atoms with Crippen LogP contribution < -0.4 is 5.32 Å². The van der Waals surface area contributed by atoms with Crippen LogP contribution in [0.3, 0.4) is 0 Å². The lowest BCUT2D eigenvalue weighted by atomic mass is 9.93. The molecule has 1 aliphatic heterocycles. The quantitative estimate of drug-likeness (QED) is 0.467. The zero-order valence-corrected chi connectivity index (χ0v) is 22.2. The van der Waals surface area contributed by atoms with Gasteiger partial charge in [-0.2, -0.15) is 4.98 Å². The number of aliphatic hydroxyl groups is 1. The summed E-state index contributed by atoms with van der Waals surface area (Å²) in [6, 6.07) is 9.69. The normalized spacial score (nSPS) is 22.7. The van der Waals surface area contributed by atoms with E-state index < -0.39 is 0 Å². The standard InChI is InChI=1S/C29H42N6O/c1-4-6-21(2)31-29-30-18-26-27(20-35(28(26)32-29)24-9-11-25(36)12-10-24)23-8-5-7-22(17-23)19-34-15-13-33(3)14-16-34/h5,7-8,17-18,20-21,24-25,36H,4,6,9-16,19H2,1-3H3,(H,30,31,32)/t21-,24?,25?/m0/s1. The van der Waals surface area contributed by atoms with Crippen molar-refractivity contribution in [3.63, 3.8) is 0 Å². The number of nitrogens with zero attached hydrogens (tertiary/aromatic N) is 5. The van der Waals surface area contributed by atoms with E-state index in [1.807, 2.05) is 6.20 Å². The van der Waals surface area contributed by atoms with E-state index in [1.54, 1.807) is 0 Å². The Balaban J connectivity index is 1.47. The van der Waals surface area contributed by atoms with Gasteiger partial charge in [0.25, 0.3) is 0 Å². The molecule has 0 bridgehead atoms. The molecule has 1 saturated carbocycles. The van der Waals surface area contributed by atoms with Crippen molar-refractivity contribution in [2.24, 2.45) is 0 Å². The second-order valence-corrected chi connectivity index (χ2v) is 11.0. The van der Waals surface area contributed by atoms with Crippen LogP contribution in [0.4, 0.5) is 5.95 Å². The maximum absolute atomic E-state index is 10.1.